The molecular weight excluding hydrogens is 541 g/mol. The van der Waals surface area contributed by atoms with E-state index in [1.807, 2.05) is 48.5 Å². The van der Waals surface area contributed by atoms with Crippen LogP contribution in [0.4, 0.5) is 0 Å². The minimum absolute atomic E-state index is 0.125. The van der Waals surface area contributed by atoms with E-state index in [0.29, 0.717) is 27.1 Å². The molecule has 0 aliphatic carbocycles. The van der Waals surface area contributed by atoms with E-state index < -0.39 is 5.97 Å². The summed E-state index contributed by atoms with van der Waals surface area (Å²) in [7, 11) is 0. The molecule has 154 valence electrons. The summed E-state index contributed by atoms with van der Waals surface area (Å²) >= 11 is 8.80. The van der Waals surface area contributed by atoms with Crippen LogP contribution in [-0.2, 0) is 11.3 Å². The average molecular weight is 557 g/mol. The molecule has 1 heterocycles. The molecule has 1 aliphatic rings. The number of thiocarbonyl (C=S) groups is 1. The number of halogens is 1. The van der Waals surface area contributed by atoms with Gasteiger partial charge in [0.2, 0.25) is 0 Å². The number of esters is 1. The summed E-state index contributed by atoms with van der Waals surface area (Å²) in [4.78, 5) is 27.5. The molecule has 1 fully saturated rings. The van der Waals surface area contributed by atoms with Gasteiger partial charge in [0.25, 0.3) is 5.91 Å². The van der Waals surface area contributed by atoms with Gasteiger partial charge < -0.3 is 4.74 Å². The SMILES string of the molecule is O=C(Oc1cccc(C=C2SC(=S)N(Cc3ccccc3)C2=O)c1)c1ccccc1I. The number of ether oxygens (including phenoxy) is 1. The van der Waals surface area contributed by atoms with Crippen LogP contribution in [0, 0.1) is 3.57 Å². The Morgan fingerprint density at radius 2 is 1.77 bits per heavy atom. The molecule has 31 heavy (non-hydrogen) atoms. The van der Waals surface area contributed by atoms with Gasteiger partial charge in [0.15, 0.2) is 0 Å². The predicted octanol–water partition coefficient (Wildman–Crippen LogP) is 5.91. The molecule has 0 spiro atoms. The lowest BCUT2D eigenvalue weighted by molar-refractivity contribution is -0.122. The van der Waals surface area contributed by atoms with Gasteiger partial charge in [-0.05, 0) is 64.1 Å². The molecule has 1 saturated heterocycles. The number of nitrogens with zero attached hydrogens (tertiary/aromatic N) is 1. The van der Waals surface area contributed by atoms with Crippen LogP contribution >= 0.6 is 46.6 Å². The maximum absolute atomic E-state index is 12.9. The smallest absolute Gasteiger partial charge is 0.344 e. The molecule has 0 unspecified atom stereocenters. The molecule has 4 nitrogen and oxygen atoms in total. The van der Waals surface area contributed by atoms with E-state index in [4.69, 9.17) is 17.0 Å². The third-order valence-electron chi connectivity index (χ3n) is 4.52. The van der Waals surface area contributed by atoms with Crippen LogP contribution in [0.25, 0.3) is 6.08 Å². The van der Waals surface area contributed by atoms with Gasteiger partial charge in [-0.15, -0.1) is 0 Å². The fourth-order valence-electron chi connectivity index (χ4n) is 3.01. The molecule has 1 amide bonds. The number of carbonyl (C=O) groups is 2. The van der Waals surface area contributed by atoms with Crippen molar-refractivity contribution < 1.29 is 14.3 Å². The average Bonchev–Trinajstić information content (AvgIpc) is 3.02. The Morgan fingerprint density at radius 3 is 2.55 bits per heavy atom. The van der Waals surface area contributed by atoms with Crippen molar-refractivity contribution in [3.05, 3.63) is 104 Å². The van der Waals surface area contributed by atoms with E-state index in [-0.39, 0.29) is 5.91 Å². The molecular formula is C24H16INO3S2. The minimum Gasteiger partial charge on any atom is -0.423 e. The Kier molecular flexibility index (Phi) is 6.84. The molecule has 0 aromatic heterocycles. The molecule has 0 N–H and O–H groups in total. The van der Waals surface area contributed by atoms with Crippen molar-refractivity contribution in [3.8, 4) is 5.75 Å². The molecule has 0 bridgehead atoms. The van der Waals surface area contributed by atoms with E-state index in [0.717, 1.165) is 14.7 Å². The Labute approximate surface area is 203 Å². The van der Waals surface area contributed by atoms with Crippen molar-refractivity contribution in [3.63, 3.8) is 0 Å². The maximum Gasteiger partial charge on any atom is 0.344 e. The van der Waals surface area contributed by atoms with Gasteiger partial charge in [-0.2, -0.15) is 0 Å². The molecule has 0 saturated carbocycles. The zero-order valence-electron chi connectivity index (χ0n) is 16.2. The Hall–Kier alpha value is -2.49. The highest BCUT2D eigenvalue weighted by molar-refractivity contribution is 14.1. The fraction of sp³-hybridized carbons (Fsp3) is 0.0417. The highest BCUT2D eigenvalue weighted by atomic mass is 127. The van der Waals surface area contributed by atoms with Crippen molar-refractivity contribution in [2.45, 2.75) is 6.54 Å². The number of hydrogen-bond donors (Lipinski definition) is 0. The van der Waals surface area contributed by atoms with Crippen molar-refractivity contribution >= 4 is 68.8 Å². The number of benzene rings is 3. The quantitative estimate of drug-likeness (QED) is 0.128. The largest absolute Gasteiger partial charge is 0.423 e. The van der Waals surface area contributed by atoms with Crippen molar-refractivity contribution in [1.82, 2.24) is 4.90 Å². The summed E-state index contributed by atoms with van der Waals surface area (Å²) in [6, 6.07) is 24.1. The standard InChI is InChI=1S/C24H16INO3S2/c25-20-12-5-4-11-19(20)23(28)29-18-10-6-9-17(13-18)14-21-22(27)26(24(30)31-21)15-16-7-2-1-3-8-16/h1-14H,15H2. The lowest BCUT2D eigenvalue weighted by atomic mass is 10.2. The highest BCUT2D eigenvalue weighted by Crippen LogP contribution is 2.34. The Morgan fingerprint density at radius 1 is 1.03 bits per heavy atom. The van der Waals surface area contributed by atoms with Crippen LogP contribution in [0.15, 0.2) is 83.8 Å². The molecule has 1 aliphatic heterocycles. The van der Waals surface area contributed by atoms with Gasteiger partial charge in [0.05, 0.1) is 17.0 Å². The molecule has 3 aromatic carbocycles. The van der Waals surface area contributed by atoms with Gasteiger partial charge in [0.1, 0.15) is 10.1 Å². The molecule has 0 radical (unpaired) electrons. The van der Waals surface area contributed by atoms with E-state index >= 15 is 0 Å². The summed E-state index contributed by atoms with van der Waals surface area (Å²) in [5, 5.41) is 0. The zero-order chi connectivity index (χ0) is 21.8. The topological polar surface area (TPSA) is 46.6 Å². The van der Waals surface area contributed by atoms with Crippen LogP contribution in [0.2, 0.25) is 0 Å². The van der Waals surface area contributed by atoms with E-state index in [1.165, 1.54) is 11.8 Å². The number of hydrogen-bond acceptors (Lipinski definition) is 5. The van der Waals surface area contributed by atoms with Gasteiger partial charge in [-0.1, -0.05) is 78.6 Å². The van der Waals surface area contributed by atoms with Crippen LogP contribution in [0.5, 0.6) is 5.75 Å². The summed E-state index contributed by atoms with van der Waals surface area (Å²) in [5.41, 5.74) is 2.29. The minimum atomic E-state index is -0.420. The summed E-state index contributed by atoms with van der Waals surface area (Å²) in [5.74, 6) is -0.130. The van der Waals surface area contributed by atoms with Crippen molar-refractivity contribution in [1.29, 1.82) is 0 Å². The second-order valence-electron chi connectivity index (χ2n) is 6.70. The third-order valence-corrected chi connectivity index (χ3v) is 6.84. The molecule has 3 aromatic rings. The second-order valence-corrected chi connectivity index (χ2v) is 9.53. The Balaban J connectivity index is 1.50. The number of thioether (sulfide) groups is 1. The van der Waals surface area contributed by atoms with E-state index in [2.05, 4.69) is 22.6 Å². The van der Waals surface area contributed by atoms with Crippen LogP contribution < -0.4 is 4.74 Å². The lowest BCUT2D eigenvalue weighted by Crippen LogP contribution is -2.27. The van der Waals surface area contributed by atoms with E-state index in [1.54, 1.807) is 41.3 Å². The predicted molar refractivity (Wildman–Crippen MR) is 136 cm³/mol. The molecule has 0 atom stereocenters. The number of amides is 1. The van der Waals surface area contributed by atoms with E-state index in [9.17, 15) is 9.59 Å². The van der Waals surface area contributed by atoms with Gasteiger partial charge in [0, 0.05) is 3.57 Å². The lowest BCUT2D eigenvalue weighted by Gasteiger charge is -2.14. The summed E-state index contributed by atoms with van der Waals surface area (Å²) < 4.78 is 6.89. The maximum atomic E-state index is 12.9. The van der Waals surface area contributed by atoms with Crippen LogP contribution in [-0.4, -0.2) is 21.1 Å². The first-order valence-corrected chi connectivity index (χ1v) is 11.7. The van der Waals surface area contributed by atoms with Gasteiger partial charge >= 0.3 is 5.97 Å². The fourth-order valence-corrected chi connectivity index (χ4v) is 4.87. The van der Waals surface area contributed by atoms with Gasteiger partial charge in [-0.3, -0.25) is 9.69 Å². The summed E-state index contributed by atoms with van der Waals surface area (Å²) in [6.07, 6.45) is 1.77. The monoisotopic (exact) mass is 557 g/mol. The highest BCUT2D eigenvalue weighted by Gasteiger charge is 2.31. The van der Waals surface area contributed by atoms with Gasteiger partial charge in [-0.25, -0.2) is 4.79 Å². The molecule has 4 rings (SSSR count). The van der Waals surface area contributed by atoms with Crippen molar-refractivity contribution in [2.75, 3.05) is 0 Å². The van der Waals surface area contributed by atoms with Crippen LogP contribution in [0.1, 0.15) is 21.5 Å². The first kappa shape index (κ1) is 21.7. The molecule has 7 heteroatoms. The first-order chi connectivity index (χ1) is 15.0. The zero-order valence-corrected chi connectivity index (χ0v) is 19.9. The third kappa shape index (κ3) is 5.23. The van der Waals surface area contributed by atoms with Crippen LogP contribution in [0.3, 0.4) is 0 Å². The Bertz CT molecular complexity index is 1190. The summed E-state index contributed by atoms with van der Waals surface area (Å²) in [6.45, 7) is 0.441. The second kappa shape index (κ2) is 9.76. The normalized spacial score (nSPS) is 14.9. The number of rotatable bonds is 5. The first-order valence-electron chi connectivity index (χ1n) is 9.37. The number of carbonyl (C=O) groups excluding carboxylic acids is 2. The van der Waals surface area contributed by atoms with Crippen molar-refractivity contribution in [2.24, 2.45) is 0 Å².